The first kappa shape index (κ1) is 17.3. The molecule has 5 heteroatoms. The Labute approximate surface area is 148 Å². The first-order chi connectivity index (χ1) is 11.5. The Bertz CT molecular complexity index is 855. The number of thioether (sulfide) groups is 1. The van der Waals surface area contributed by atoms with Crippen LogP contribution in [0.2, 0.25) is 0 Å². The van der Waals surface area contributed by atoms with Gasteiger partial charge in [0.2, 0.25) is 10.0 Å². The molecule has 1 aliphatic rings. The fourth-order valence-corrected chi connectivity index (χ4v) is 4.90. The van der Waals surface area contributed by atoms with Crippen molar-refractivity contribution in [3.05, 3.63) is 65.7 Å². The van der Waals surface area contributed by atoms with Crippen molar-refractivity contribution in [2.45, 2.75) is 23.1 Å². The van der Waals surface area contributed by atoms with Gasteiger partial charge >= 0.3 is 0 Å². The summed E-state index contributed by atoms with van der Waals surface area (Å²) < 4.78 is 27.1. The van der Waals surface area contributed by atoms with Crippen LogP contribution in [0.5, 0.6) is 0 Å². The van der Waals surface area contributed by atoms with E-state index < -0.39 is 10.0 Å². The smallest absolute Gasteiger partial charge is 0.207 e. The summed E-state index contributed by atoms with van der Waals surface area (Å²) in [5.74, 6) is 0. The maximum Gasteiger partial charge on any atom is 0.243 e. The summed E-state index contributed by atoms with van der Waals surface area (Å²) in [6.45, 7) is 2.90. The highest BCUT2D eigenvalue weighted by Gasteiger charge is 2.26. The SMILES string of the molecule is CSc1ccccc1C1=CCN(S(=O)(=O)c2ccc(C)cc2)CC1. The molecular formula is C19H21NO2S2. The van der Waals surface area contributed by atoms with Crippen LogP contribution in [0.1, 0.15) is 17.5 Å². The van der Waals surface area contributed by atoms with Crippen molar-refractivity contribution in [2.75, 3.05) is 19.3 Å². The van der Waals surface area contributed by atoms with E-state index >= 15 is 0 Å². The number of rotatable bonds is 4. The number of sulfonamides is 1. The van der Waals surface area contributed by atoms with Gasteiger partial charge in [0, 0.05) is 18.0 Å². The van der Waals surface area contributed by atoms with Crippen LogP contribution in [-0.2, 0) is 10.0 Å². The molecule has 0 amide bonds. The van der Waals surface area contributed by atoms with Crippen LogP contribution in [0.3, 0.4) is 0 Å². The zero-order chi connectivity index (χ0) is 17.2. The summed E-state index contributed by atoms with van der Waals surface area (Å²) in [7, 11) is -3.42. The van der Waals surface area contributed by atoms with Gasteiger partial charge in [-0.15, -0.1) is 11.8 Å². The highest BCUT2D eigenvalue weighted by molar-refractivity contribution is 7.98. The van der Waals surface area contributed by atoms with Gasteiger partial charge in [-0.3, -0.25) is 0 Å². The van der Waals surface area contributed by atoms with E-state index in [0.29, 0.717) is 18.0 Å². The first-order valence-electron chi connectivity index (χ1n) is 7.91. The van der Waals surface area contributed by atoms with Gasteiger partial charge in [-0.1, -0.05) is 42.0 Å². The molecule has 3 rings (SSSR count). The maximum absolute atomic E-state index is 12.8. The lowest BCUT2D eigenvalue weighted by Gasteiger charge is -2.26. The zero-order valence-corrected chi connectivity index (χ0v) is 15.5. The fourth-order valence-electron chi connectivity index (χ4n) is 2.88. The highest BCUT2D eigenvalue weighted by Crippen LogP contribution is 2.31. The molecule has 0 N–H and O–H groups in total. The summed E-state index contributed by atoms with van der Waals surface area (Å²) in [5, 5.41) is 0. The third kappa shape index (κ3) is 3.43. The van der Waals surface area contributed by atoms with E-state index in [4.69, 9.17) is 0 Å². The topological polar surface area (TPSA) is 37.4 Å². The van der Waals surface area contributed by atoms with Crippen LogP contribution in [-0.4, -0.2) is 32.1 Å². The summed E-state index contributed by atoms with van der Waals surface area (Å²) in [6.07, 6.45) is 4.85. The molecule has 24 heavy (non-hydrogen) atoms. The van der Waals surface area contributed by atoms with Crippen LogP contribution in [0.25, 0.3) is 5.57 Å². The molecule has 3 nitrogen and oxygen atoms in total. The molecule has 0 atom stereocenters. The molecule has 2 aromatic carbocycles. The van der Waals surface area contributed by atoms with Gasteiger partial charge < -0.3 is 0 Å². The third-order valence-corrected chi connectivity index (χ3v) is 6.96. The molecule has 0 radical (unpaired) electrons. The molecule has 0 saturated heterocycles. The number of nitrogens with zero attached hydrogens (tertiary/aromatic N) is 1. The van der Waals surface area contributed by atoms with Crippen molar-refractivity contribution in [3.63, 3.8) is 0 Å². The van der Waals surface area contributed by atoms with Gasteiger partial charge in [-0.25, -0.2) is 8.42 Å². The summed E-state index contributed by atoms with van der Waals surface area (Å²) >= 11 is 1.72. The molecule has 1 aliphatic heterocycles. The molecule has 0 fully saturated rings. The van der Waals surface area contributed by atoms with Crippen LogP contribution < -0.4 is 0 Å². The average Bonchev–Trinajstić information content (AvgIpc) is 2.62. The molecule has 0 aromatic heterocycles. The van der Waals surface area contributed by atoms with Crippen LogP contribution >= 0.6 is 11.8 Å². The number of hydrogen-bond donors (Lipinski definition) is 0. The zero-order valence-electron chi connectivity index (χ0n) is 13.9. The molecule has 0 saturated carbocycles. The second-order valence-electron chi connectivity index (χ2n) is 5.86. The van der Waals surface area contributed by atoms with Gasteiger partial charge in [0.25, 0.3) is 0 Å². The lowest BCUT2D eigenvalue weighted by atomic mass is 10.0. The quantitative estimate of drug-likeness (QED) is 0.768. The molecule has 0 aliphatic carbocycles. The van der Waals surface area contributed by atoms with Crippen molar-refractivity contribution >= 4 is 27.4 Å². The molecule has 0 bridgehead atoms. The number of benzene rings is 2. The van der Waals surface area contributed by atoms with Crippen molar-refractivity contribution in [1.29, 1.82) is 0 Å². The predicted octanol–water partition coefficient (Wildman–Crippen LogP) is 4.19. The molecule has 126 valence electrons. The summed E-state index contributed by atoms with van der Waals surface area (Å²) in [4.78, 5) is 1.60. The van der Waals surface area contributed by atoms with E-state index in [1.807, 2.05) is 37.3 Å². The Kier molecular flexibility index (Phi) is 5.13. The molecule has 2 aromatic rings. The Morgan fingerprint density at radius 3 is 2.38 bits per heavy atom. The van der Waals surface area contributed by atoms with E-state index in [0.717, 1.165) is 12.0 Å². The maximum atomic E-state index is 12.8. The Hall–Kier alpha value is -1.56. The predicted molar refractivity (Wildman–Crippen MR) is 101 cm³/mol. The van der Waals surface area contributed by atoms with E-state index in [2.05, 4.69) is 18.4 Å². The average molecular weight is 360 g/mol. The Morgan fingerprint density at radius 1 is 1.04 bits per heavy atom. The molecule has 0 unspecified atom stereocenters. The van der Waals surface area contributed by atoms with Crippen molar-refractivity contribution in [3.8, 4) is 0 Å². The summed E-state index contributed by atoms with van der Waals surface area (Å²) in [5.41, 5.74) is 3.51. The third-order valence-electron chi connectivity index (χ3n) is 4.28. The summed E-state index contributed by atoms with van der Waals surface area (Å²) in [6, 6.07) is 15.3. The van der Waals surface area contributed by atoms with E-state index in [1.165, 1.54) is 16.0 Å². The van der Waals surface area contributed by atoms with E-state index in [9.17, 15) is 8.42 Å². The lowest BCUT2D eigenvalue weighted by Crippen LogP contribution is -2.34. The Balaban J connectivity index is 1.83. The van der Waals surface area contributed by atoms with Gasteiger partial charge in [0.1, 0.15) is 0 Å². The lowest BCUT2D eigenvalue weighted by molar-refractivity contribution is 0.441. The van der Waals surface area contributed by atoms with E-state index in [-0.39, 0.29) is 0 Å². The van der Waals surface area contributed by atoms with Crippen LogP contribution in [0.15, 0.2) is 64.4 Å². The van der Waals surface area contributed by atoms with Crippen molar-refractivity contribution < 1.29 is 8.42 Å². The highest BCUT2D eigenvalue weighted by atomic mass is 32.2. The monoisotopic (exact) mass is 359 g/mol. The normalized spacial score (nSPS) is 16.0. The molecule has 1 heterocycles. The van der Waals surface area contributed by atoms with E-state index in [1.54, 1.807) is 28.2 Å². The van der Waals surface area contributed by atoms with Crippen molar-refractivity contribution in [1.82, 2.24) is 4.31 Å². The first-order valence-corrected chi connectivity index (χ1v) is 10.6. The second-order valence-corrected chi connectivity index (χ2v) is 8.64. The molecular weight excluding hydrogens is 338 g/mol. The van der Waals surface area contributed by atoms with Gasteiger partial charge in [-0.05, 0) is 48.9 Å². The minimum Gasteiger partial charge on any atom is -0.207 e. The van der Waals surface area contributed by atoms with Gasteiger partial charge in [-0.2, -0.15) is 4.31 Å². The van der Waals surface area contributed by atoms with Crippen molar-refractivity contribution in [2.24, 2.45) is 0 Å². The second kappa shape index (κ2) is 7.13. The molecule has 0 spiro atoms. The number of hydrogen-bond acceptors (Lipinski definition) is 3. The van der Waals surface area contributed by atoms with Crippen LogP contribution in [0, 0.1) is 6.92 Å². The Morgan fingerprint density at radius 2 is 1.75 bits per heavy atom. The van der Waals surface area contributed by atoms with Crippen LogP contribution in [0.4, 0.5) is 0 Å². The van der Waals surface area contributed by atoms with Gasteiger partial charge in [0.15, 0.2) is 0 Å². The number of aryl methyl sites for hydroxylation is 1. The largest absolute Gasteiger partial charge is 0.243 e. The fraction of sp³-hybridized carbons (Fsp3) is 0.263. The standard InChI is InChI=1S/C19H21NO2S2/c1-15-7-9-17(10-8-15)24(21,22)20-13-11-16(12-14-20)18-5-3-4-6-19(18)23-2/h3-11H,12-14H2,1-2H3. The van der Waals surface area contributed by atoms with Gasteiger partial charge in [0.05, 0.1) is 4.90 Å². The minimum atomic E-state index is -3.42. The minimum absolute atomic E-state index is 0.370.